The number of aromatic nitrogens is 3. The number of rotatable bonds is 4. The Morgan fingerprint density at radius 1 is 1.13 bits per heavy atom. The van der Waals surface area contributed by atoms with E-state index in [9.17, 15) is 0 Å². The van der Waals surface area contributed by atoms with Gasteiger partial charge in [-0.25, -0.2) is 9.97 Å². The minimum atomic E-state index is 0.547. The van der Waals surface area contributed by atoms with Crippen LogP contribution in [-0.2, 0) is 0 Å². The van der Waals surface area contributed by atoms with Crippen LogP contribution in [0.25, 0.3) is 11.4 Å². The molecular formula is C18H25N5. The van der Waals surface area contributed by atoms with Crippen LogP contribution in [0.3, 0.4) is 0 Å². The van der Waals surface area contributed by atoms with Crippen molar-refractivity contribution in [1.29, 1.82) is 0 Å². The summed E-state index contributed by atoms with van der Waals surface area (Å²) in [5, 5.41) is 3.64. The standard InChI is InChI=1S/C18H25N5/c1-13(2)20-16-6-10-23(11-7-16)17-12-14(3)21-18(22-17)15-4-8-19-9-5-15/h4-5,8-9,12-13,16,20H,6-7,10-11H2,1-3H3. The third kappa shape index (κ3) is 4.05. The quantitative estimate of drug-likeness (QED) is 0.941. The minimum Gasteiger partial charge on any atom is -0.356 e. The average molecular weight is 311 g/mol. The van der Waals surface area contributed by atoms with Crippen LogP contribution in [-0.4, -0.2) is 40.1 Å². The highest BCUT2D eigenvalue weighted by molar-refractivity contribution is 5.57. The van der Waals surface area contributed by atoms with E-state index in [0.717, 1.165) is 48.8 Å². The maximum absolute atomic E-state index is 4.78. The summed E-state index contributed by atoms with van der Waals surface area (Å²) in [5.74, 6) is 1.82. The molecule has 1 aliphatic heterocycles. The number of hydrogen-bond donors (Lipinski definition) is 1. The zero-order valence-electron chi connectivity index (χ0n) is 14.2. The lowest BCUT2D eigenvalue weighted by Gasteiger charge is -2.34. The predicted octanol–water partition coefficient (Wildman–Crippen LogP) is 2.81. The zero-order chi connectivity index (χ0) is 16.2. The number of aryl methyl sites for hydroxylation is 1. The first-order valence-corrected chi connectivity index (χ1v) is 8.39. The molecule has 1 N–H and O–H groups in total. The topological polar surface area (TPSA) is 53.9 Å². The van der Waals surface area contributed by atoms with E-state index in [1.807, 2.05) is 19.1 Å². The van der Waals surface area contributed by atoms with Crippen molar-refractivity contribution in [3.63, 3.8) is 0 Å². The predicted molar refractivity (Wildman–Crippen MR) is 93.5 cm³/mol. The molecule has 23 heavy (non-hydrogen) atoms. The molecule has 122 valence electrons. The van der Waals surface area contributed by atoms with Crippen molar-refractivity contribution < 1.29 is 0 Å². The van der Waals surface area contributed by atoms with Gasteiger partial charge in [0.25, 0.3) is 0 Å². The van der Waals surface area contributed by atoms with Gasteiger partial charge < -0.3 is 10.2 Å². The number of nitrogens with one attached hydrogen (secondary N) is 1. The molecule has 0 amide bonds. The first-order valence-electron chi connectivity index (χ1n) is 8.39. The second-order valence-corrected chi connectivity index (χ2v) is 6.51. The van der Waals surface area contributed by atoms with Crippen molar-refractivity contribution >= 4 is 5.82 Å². The number of hydrogen-bond acceptors (Lipinski definition) is 5. The van der Waals surface area contributed by atoms with E-state index < -0.39 is 0 Å². The molecule has 0 atom stereocenters. The fourth-order valence-electron chi connectivity index (χ4n) is 3.09. The highest BCUT2D eigenvalue weighted by Gasteiger charge is 2.21. The zero-order valence-corrected chi connectivity index (χ0v) is 14.2. The van der Waals surface area contributed by atoms with Crippen LogP contribution in [0.5, 0.6) is 0 Å². The van der Waals surface area contributed by atoms with Gasteiger partial charge in [0.15, 0.2) is 5.82 Å². The maximum Gasteiger partial charge on any atom is 0.161 e. The van der Waals surface area contributed by atoms with Crippen LogP contribution < -0.4 is 10.2 Å². The molecule has 1 fully saturated rings. The first kappa shape index (κ1) is 15.9. The molecule has 5 heteroatoms. The summed E-state index contributed by atoms with van der Waals surface area (Å²) in [4.78, 5) is 15.8. The van der Waals surface area contributed by atoms with Crippen molar-refractivity contribution in [2.45, 2.75) is 45.7 Å². The molecule has 0 radical (unpaired) electrons. The molecule has 5 nitrogen and oxygen atoms in total. The van der Waals surface area contributed by atoms with E-state index >= 15 is 0 Å². The Hall–Kier alpha value is -2.01. The molecule has 0 aliphatic carbocycles. The first-order chi connectivity index (χ1) is 11.1. The van der Waals surface area contributed by atoms with Gasteiger partial charge in [-0.1, -0.05) is 13.8 Å². The van der Waals surface area contributed by atoms with Crippen LogP contribution in [0.1, 0.15) is 32.4 Å². The third-order valence-electron chi connectivity index (χ3n) is 4.17. The summed E-state index contributed by atoms with van der Waals surface area (Å²) < 4.78 is 0. The Morgan fingerprint density at radius 2 is 1.83 bits per heavy atom. The summed E-state index contributed by atoms with van der Waals surface area (Å²) in [6.45, 7) is 8.53. The summed E-state index contributed by atoms with van der Waals surface area (Å²) in [6.07, 6.45) is 5.88. The number of pyridine rings is 1. The fourth-order valence-corrected chi connectivity index (χ4v) is 3.09. The van der Waals surface area contributed by atoms with Crippen LogP contribution in [0, 0.1) is 6.92 Å². The SMILES string of the molecule is Cc1cc(N2CCC(NC(C)C)CC2)nc(-c2ccncc2)n1. The van der Waals surface area contributed by atoms with Gasteiger partial charge in [-0.2, -0.15) is 0 Å². The number of anilines is 1. The lowest BCUT2D eigenvalue weighted by atomic mass is 10.0. The second-order valence-electron chi connectivity index (χ2n) is 6.51. The summed E-state index contributed by atoms with van der Waals surface area (Å²) in [7, 11) is 0. The van der Waals surface area contributed by atoms with Gasteiger partial charge in [0.1, 0.15) is 5.82 Å². The molecule has 3 heterocycles. The third-order valence-corrected chi connectivity index (χ3v) is 4.17. The molecule has 0 bridgehead atoms. The highest BCUT2D eigenvalue weighted by atomic mass is 15.2. The molecule has 0 unspecified atom stereocenters. The summed E-state index contributed by atoms with van der Waals surface area (Å²) >= 11 is 0. The van der Waals surface area contributed by atoms with Crippen molar-refractivity contribution in [3.05, 3.63) is 36.3 Å². The second kappa shape index (κ2) is 7.04. The summed E-state index contributed by atoms with van der Waals surface area (Å²) in [6, 6.07) is 7.16. The van der Waals surface area contributed by atoms with Crippen molar-refractivity contribution in [2.75, 3.05) is 18.0 Å². The van der Waals surface area contributed by atoms with E-state index in [4.69, 9.17) is 4.98 Å². The molecule has 2 aromatic heterocycles. The minimum absolute atomic E-state index is 0.547. The molecule has 2 aromatic rings. The van der Waals surface area contributed by atoms with Crippen molar-refractivity contribution in [2.24, 2.45) is 0 Å². The van der Waals surface area contributed by atoms with E-state index in [2.05, 4.69) is 40.1 Å². The highest BCUT2D eigenvalue weighted by Crippen LogP contribution is 2.22. The van der Waals surface area contributed by atoms with Crippen LogP contribution in [0.2, 0.25) is 0 Å². The number of piperidine rings is 1. The van der Waals surface area contributed by atoms with Crippen LogP contribution >= 0.6 is 0 Å². The van der Waals surface area contributed by atoms with E-state index in [1.54, 1.807) is 12.4 Å². The van der Waals surface area contributed by atoms with Crippen LogP contribution in [0.15, 0.2) is 30.6 Å². The van der Waals surface area contributed by atoms with Gasteiger partial charge in [0.05, 0.1) is 0 Å². The van der Waals surface area contributed by atoms with Gasteiger partial charge in [-0.3, -0.25) is 4.98 Å². The normalized spacial score (nSPS) is 16.1. The van der Waals surface area contributed by atoms with Gasteiger partial charge in [0.2, 0.25) is 0 Å². The maximum atomic E-state index is 4.78. The van der Waals surface area contributed by atoms with Crippen molar-refractivity contribution in [3.8, 4) is 11.4 Å². The van der Waals surface area contributed by atoms with Crippen molar-refractivity contribution in [1.82, 2.24) is 20.3 Å². The molecular weight excluding hydrogens is 286 g/mol. The molecule has 0 saturated carbocycles. The van der Waals surface area contributed by atoms with Gasteiger partial charge in [-0.15, -0.1) is 0 Å². The lowest BCUT2D eigenvalue weighted by molar-refractivity contribution is 0.386. The van der Waals surface area contributed by atoms with Gasteiger partial charge >= 0.3 is 0 Å². The molecule has 3 rings (SSSR count). The monoisotopic (exact) mass is 311 g/mol. The van der Waals surface area contributed by atoms with E-state index in [-0.39, 0.29) is 0 Å². The Bertz CT molecular complexity index is 633. The van der Waals surface area contributed by atoms with E-state index in [1.165, 1.54) is 0 Å². The lowest BCUT2D eigenvalue weighted by Crippen LogP contribution is -2.45. The smallest absolute Gasteiger partial charge is 0.161 e. The van der Waals surface area contributed by atoms with Gasteiger partial charge in [0, 0.05) is 54.9 Å². The Balaban J connectivity index is 1.75. The molecule has 0 aromatic carbocycles. The van der Waals surface area contributed by atoms with Gasteiger partial charge in [-0.05, 0) is 31.9 Å². The largest absolute Gasteiger partial charge is 0.356 e. The molecule has 1 saturated heterocycles. The Kier molecular flexibility index (Phi) is 4.86. The summed E-state index contributed by atoms with van der Waals surface area (Å²) in [5.41, 5.74) is 2.02. The number of nitrogens with zero attached hydrogens (tertiary/aromatic N) is 4. The Labute approximate surface area is 138 Å². The molecule has 0 spiro atoms. The average Bonchev–Trinajstić information content (AvgIpc) is 2.55. The molecule has 1 aliphatic rings. The Morgan fingerprint density at radius 3 is 2.48 bits per heavy atom. The van der Waals surface area contributed by atoms with Crippen LogP contribution in [0.4, 0.5) is 5.82 Å². The fraction of sp³-hybridized carbons (Fsp3) is 0.500. The van der Waals surface area contributed by atoms with E-state index in [0.29, 0.717) is 12.1 Å².